The molecule has 1 saturated carbocycles. The zero-order valence-corrected chi connectivity index (χ0v) is 11.9. The monoisotopic (exact) mass is 241 g/mol. The van der Waals surface area contributed by atoms with Crippen LogP contribution in [0.4, 0.5) is 0 Å². The fraction of sp³-hybridized carbons (Fsp3) is 1.00. The van der Waals surface area contributed by atoms with Crippen LogP contribution in [-0.2, 0) is 0 Å². The first-order chi connectivity index (χ1) is 8.21. The molecule has 2 nitrogen and oxygen atoms in total. The third-order valence-electron chi connectivity index (χ3n) is 4.63. The second-order valence-corrected chi connectivity index (χ2v) is 5.68. The Labute approximate surface area is 107 Å². The first-order valence-corrected chi connectivity index (χ1v) is 7.62. The minimum Gasteiger partial charge on any atom is -0.392 e. The molecule has 2 N–H and O–H groups in total. The summed E-state index contributed by atoms with van der Waals surface area (Å²) in [7, 11) is 0. The van der Waals surface area contributed by atoms with Crippen molar-refractivity contribution < 1.29 is 5.11 Å². The van der Waals surface area contributed by atoms with Crippen molar-refractivity contribution in [3.05, 3.63) is 0 Å². The second-order valence-electron chi connectivity index (χ2n) is 5.68. The normalized spacial score (nSPS) is 27.4. The first-order valence-electron chi connectivity index (χ1n) is 7.62. The van der Waals surface area contributed by atoms with Gasteiger partial charge in [-0.05, 0) is 37.5 Å². The van der Waals surface area contributed by atoms with Crippen LogP contribution >= 0.6 is 0 Å². The van der Waals surface area contributed by atoms with Crippen LogP contribution in [0.1, 0.15) is 65.7 Å². The van der Waals surface area contributed by atoms with E-state index in [2.05, 4.69) is 26.1 Å². The van der Waals surface area contributed by atoms with Gasteiger partial charge in [0, 0.05) is 12.6 Å². The Hall–Kier alpha value is -0.0800. The maximum absolute atomic E-state index is 10.1. The van der Waals surface area contributed by atoms with Crippen LogP contribution in [0.5, 0.6) is 0 Å². The molecule has 1 aliphatic rings. The number of rotatable bonds is 7. The Morgan fingerprint density at radius 3 is 2.12 bits per heavy atom. The van der Waals surface area contributed by atoms with Gasteiger partial charge in [-0.25, -0.2) is 0 Å². The van der Waals surface area contributed by atoms with E-state index in [0.29, 0.717) is 12.0 Å². The molecule has 102 valence electrons. The van der Waals surface area contributed by atoms with Gasteiger partial charge < -0.3 is 10.4 Å². The molecule has 0 spiro atoms. The lowest BCUT2D eigenvalue weighted by Gasteiger charge is -2.30. The van der Waals surface area contributed by atoms with Crippen LogP contribution in [0.3, 0.4) is 0 Å². The molecule has 1 atom stereocenters. The van der Waals surface area contributed by atoms with Crippen LogP contribution in [0.25, 0.3) is 0 Å². The zero-order valence-electron chi connectivity index (χ0n) is 11.9. The van der Waals surface area contributed by atoms with Crippen molar-refractivity contribution in [2.24, 2.45) is 11.8 Å². The Morgan fingerprint density at radius 2 is 1.65 bits per heavy atom. The van der Waals surface area contributed by atoms with Crippen molar-refractivity contribution in [2.75, 3.05) is 6.54 Å². The minimum atomic E-state index is -0.158. The quantitative estimate of drug-likeness (QED) is 0.716. The van der Waals surface area contributed by atoms with E-state index in [0.717, 1.165) is 25.3 Å². The molecular weight excluding hydrogens is 210 g/mol. The average molecular weight is 241 g/mol. The Morgan fingerprint density at radius 1 is 1.06 bits per heavy atom. The lowest BCUT2D eigenvalue weighted by atomic mass is 9.84. The summed E-state index contributed by atoms with van der Waals surface area (Å²) in [6.07, 6.45) is 8.69. The minimum absolute atomic E-state index is 0.158. The van der Waals surface area contributed by atoms with Gasteiger partial charge >= 0.3 is 0 Å². The third-order valence-corrected chi connectivity index (χ3v) is 4.63. The van der Waals surface area contributed by atoms with Crippen molar-refractivity contribution in [3.8, 4) is 0 Å². The van der Waals surface area contributed by atoms with Gasteiger partial charge in [0.05, 0.1) is 6.10 Å². The topological polar surface area (TPSA) is 32.3 Å². The highest BCUT2D eigenvalue weighted by atomic mass is 16.3. The van der Waals surface area contributed by atoms with Crippen LogP contribution in [0.2, 0.25) is 0 Å². The van der Waals surface area contributed by atoms with Gasteiger partial charge in [-0.1, -0.05) is 40.0 Å². The summed E-state index contributed by atoms with van der Waals surface area (Å²) in [5, 5.41) is 13.6. The summed E-state index contributed by atoms with van der Waals surface area (Å²) >= 11 is 0. The SMILES string of the molecule is CCC1CCC(NCC(O)C(CC)CC)CC1. The zero-order chi connectivity index (χ0) is 12.7. The fourth-order valence-electron chi connectivity index (χ4n) is 3.06. The maximum atomic E-state index is 10.1. The average Bonchev–Trinajstić information content (AvgIpc) is 2.38. The molecule has 1 rings (SSSR count). The molecule has 0 aromatic rings. The van der Waals surface area contributed by atoms with Crippen LogP contribution in [0, 0.1) is 11.8 Å². The van der Waals surface area contributed by atoms with E-state index in [4.69, 9.17) is 0 Å². The molecule has 0 saturated heterocycles. The van der Waals surface area contributed by atoms with Gasteiger partial charge in [0.15, 0.2) is 0 Å². The second kappa shape index (κ2) is 8.10. The molecule has 0 amide bonds. The highest BCUT2D eigenvalue weighted by Crippen LogP contribution is 2.26. The van der Waals surface area contributed by atoms with Crippen molar-refractivity contribution >= 4 is 0 Å². The van der Waals surface area contributed by atoms with Gasteiger partial charge in [0.2, 0.25) is 0 Å². The molecule has 0 aromatic heterocycles. The van der Waals surface area contributed by atoms with Crippen LogP contribution in [-0.4, -0.2) is 23.8 Å². The summed E-state index contributed by atoms with van der Waals surface area (Å²) in [6.45, 7) is 7.43. The largest absolute Gasteiger partial charge is 0.392 e. The van der Waals surface area contributed by atoms with Gasteiger partial charge in [0.25, 0.3) is 0 Å². The van der Waals surface area contributed by atoms with Gasteiger partial charge in [-0.15, -0.1) is 0 Å². The lowest BCUT2D eigenvalue weighted by Crippen LogP contribution is -2.40. The van der Waals surface area contributed by atoms with E-state index < -0.39 is 0 Å². The molecule has 0 radical (unpaired) electrons. The number of hydrogen-bond donors (Lipinski definition) is 2. The molecule has 0 aliphatic heterocycles. The molecule has 1 unspecified atom stereocenters. The van der Waals surface area contributed by atoms with E-state index in [1.54, 1.807) is 0 Å². The number of aliphatic hydroxyl groups is 1. The van der Waals surface area contributed by atoms with E-state index in [1.807, 2.05) is 0 Å². The lowest BCUT2D eigenvalue weighted by molar-refractivity contribution is 0.0951. The Balaban J connectivity index is 2.18. The smallest absolute Gasteiger partial charge is 0.0692 e. The molecule has 2 heteroatoms. The molecule has 17 heavy (non-hydrogen) atoms. The molecular formula is C15H31NO. The highest BCUT2D eigenvalue weighted by Gasteiger charge is 2.21. The third kappa shape index (κ3) is 4.97. The Bertz CT molecular complexity index is 183. The van der Waals surface area contributed by atoms with E-state index in [1.165, 1.54) is 32.1 Å². The van der Waals surface area contributed by atoms with E-state index in [9.17, 15) is 5.11 Å². The predicted molar refractivity (Wildman–Crippen MR) is 74.1 cm³/mol. The predicted octanol–water partition coefficient (Wildman–Crippen LogP) is 3.34. The summed E-state index contributed by atoms with van der Waals surface area (Å²) in [4.78, 5) is 0. The van der Waals surface area contributed by atoms with Gasteiger partial charge in [-0.3, -0.25) is 0 Å². The summed E-state index contributed by atoms with van der Waals surface area (Å²) < 4.78 is 0. The number of aliphatic hydroxyl groups excluding tert-OH is 1. The molecule has 1 fully saturated rings. The molecule has 0 bridgehead atoms. The van der Waals surface area contributed by atoms with E-state index in [-0.39, 0.29) is 6.10 Å². The maximum Gasteiger partial charge on any atom is 0.0692 e. The van der Waals surface area contributed by atoms with Gasteiger partial charge in [-0.2, -0.15) is 0 Å². The van der Waals surface area contributed by atoms with Gasteiger partial charge in [0.1, 0.15) is 0 Å². The fourth-order valence-corrected chi connectivity index (χ4v) is 3.06. The van der Waals surface area contributed by atoms with Crippen molar-refractivity contribution in [3.63, 3.8) is 0 Å². The number of hydrogen-bond acceptors (Lipinski definition) is 2. The van der Waals surface area contributed by atoms with Crippen LogP contribution < -0.4 is 5.32 Å². The summed E-state index contributed by atoms with van der Waals surface area (Å²) in [5.74, 6) is 1.42. The molecule has 0 heterocycles. The Kier molecular flexibility index (Phi) is 7.14. The summed E-state index contributed by atoms with van der Waals surface area (Å²) in [6, 6.07) is 0.654. The van der Waals surface area contributed by atoms with Crippen molar-refractivity contribution in [2.45, 2.75) is 77.9 Å². The highest BCUT2D eigenvalue weighted by molar-refractivity contribution is 4.78. The van der Waals surface area contributed by atoms with Crippen LogP contribution in [0.15, 0.2) is 0 Å². The van der Waals surface area contributed by atoms with Crippen molar-refractivity contribution in [1.29, 1.82) is 0 Å². The number of nitrogens with one attached hydrogen (secondary N) is 1. The summed E-state index contributed by atoms with van der Waals surface area (Å²) in [5.41, 5.74) is 0. The van der Waals surface area contributed by atoms with E-state index >= 15 is 0 Å². The molecule has 0 aromatic carbocycles. The molecule has 1 aliphatic carbocycles. The standard InChI is InChI=1S/C15H31NO/c1-4-12-7-9-14(10-8-12)16-11-15(17)13(5-2)6-3/h12-17H,4-11H2,1-3H3. The van der Waals surface area contributed by atoms with Crippen molar-refractivity contribution in [1.82, 2.24) is 5.32 Å². The first kappa shape index (κ1) is 15.0.